The van der Waals surface area contributed by atoms with Crippen molar-refractivity contribution >= 4 is 11.5 Å². The summed E-state index contributed by atoms with van der Waals surface area (Å²) in [7, 11) is 0. The van der Waals surface area contributed by atoms with Crippen LogP contribution in [0.15, 0.2) is 23.0 Å². The van der Waals surface area contributed by atoms with Crippen LogP contribution in [0.2, 0.25) is 0 Å². The van der Waals surface area contributed by atoms with Crippen LogP contribution in [0, 0.1) is 0 Å². The van der Waals surface area contributed by atoms with E-state index in [2.05, 4.69) is 9.59 Å². The molecule has 0 amide bonds. The Morgan fingerprint density at radius 1 is 1.47 bits per heavy atom. The van der Waals surface area contributed by atoms with Gasteiger partial charge >= 0.3 is 0 Å². The molecule has 0 saturated heterocycles. The van der Waals surface area contributed by atoms with E-state index in [9.17, 15) is 5.11 Å². The number of nitrogens with zero attached hydrogens (tertiary/aromatic N) is 2. The molecule has 0 radical (unpaired) electrons. The fourth-order valence-corrected chi connectivity index (χ4v) is 2.20. The first-order chi connectivity index (χ1) is 7.20. The third-order valence-corrected chi connectivity index (χ3v) is 2.99. The van der Waals surface area contributed by atoms with Gasteiger partial charge in [0, 0.05) is 5.56 Å². The molecule has 2 rings (SSSR count). The fraction of sp³-hybridized carbons (Fsp3) is 0.400. The van der Waals surface area contributed by atoms with Gasteiger partial charge in [-0.1, -0.05) is 18.3 Å². The first kappa shape index (κ1) is 10.3. The van der Waals surface area contributed by atoms with Gasteiger partial charge in [-0.15, -0.1) is 5.10 Å². The third-order valence-electron chi connectivity index (χ3n) is 2.19. The first-order valence-corrected chi connectivity index (χ1v) is 5.49. The molecule has 5 heteroatoms. The van der Waals surface area contributed by atoms with Crippen molar-refractivity contribution in [3.8, 4) is 0 Å². The van der Waals surface area contributed by atoms with Crippen LogP contribution in [0.3, 0.4) is 0 Å². The molecule has 15 heavy (non-hydrogen) atoms. The molecule has 80 valence electrons. The Bertz CT molecular complexity index is 422. The van der Waals surface area contributed by atoms with Crippen molar-refractivity contribution in [3.05, 3.63) is 34.7 Å². The molecule has 1 unspecified atom stereocenters. The molecule has 2 aromatic rings. The summed E-state index contributed by atoms with van der Waals surface area (Å²) in [5.41, 5.74) is 1.59. The average Bonchev–Trinajstić information content (AvgIpc) is 2.88. The maximum atomic E-state index is 10.1. The zero-order chi connectivity index (χ0) is 10.8. The van der Waals surface area contributed by atoms with Gasteiger partial charge in [-0.3, -0.25) is 0 Å². The Kier molecular flexibility index (Phi) is 2.83. The molecular weight excluding hydrogens is 212 g/mol. The van der Waals surface area contributed by atoms with E-state index in [4.69, 9.17) is 4.42 Å². The van der Waals surface area contributed by atoms with Gasteiger partial charge in [0.25, 0.3) is 0 Å². The second-order valence-corrected chi connectivity index (χ2v) is 4.42. The molecule has 2 heterocycles. The lowest BCUT2D eigenvalue weighted by Gasteiger charge is -2.08. The van der Waals surface area contributed by atoms with Crippen LogP contribution < -0.4 is 0 Å². The summed E-state index contributed by atoms with van der Waals surface area (Å²) in [6.45, 7) is 4.06. The Hall–Kier alpha value is -1.20. The van der Waals surface area contributed by atoms with Gasteiger partial charge in [-0.05, 0) is 23.5 Å². The molecule has 0 saturated carbocycles. The van der Waals surface area contributed by atoms with Crippen molar-refractivity contribution < 1.29 is 9.52 Å². The first-order valence-electron chi connectivity index (χ1n) is 4.72. The number of hydrogen-bond acceptors (Lipinski definition) is 5. The summed E-state index contributed by atoms with van der Waals surface area (Å²) in [5.74, 6) is 0.264. The zero-order valence-corrected chi connectivity index (χ0v) is 9.36. The molecule has 0 aliphatic rings. The summed E-state index contributed by atoms with van der Waals surface area (Å²) in [6.07, 6.45) is 2.40. The normalized spacial score (nSPS) is 13.3. The second-order valence-electron chi connectivity index (χ2n) is 3.64. The molecule has 0 spiro atoms. The summed E-state index contributed by atoms with van der Waals surface area (Å²) in [5, 5.41) is 14.1. The Balaban J connectivity index is 2.33. The largest absolute Gasteiger partial charge is 0.472 e. The Morgan fingerprint density at radius 2 is 2.27 bits per heavy atom. The van der Waals surface area contributed by atoms with Crippen molar-refractivity contribution in [1.82, 2.24) is 9.59 Å². The molecule has 0 aromatic carbocycles. The minimum absolute atomic E-state index is 0.264. The minimum Gasteiger partial charge on any atom is -0.472 e. The highest BCUT2D eigenvalue weighted by molar-refractivity contribution is 7.05. The smallest absolute Gasteiger partial charge is 0.120 e. The van der Waals surface area contributed by atoms with Crippen LogP contribution in [-0.4, -0.2) is 14.7 Å². The lowest BCUT2D eigenvalue weighted by molar-refractivity contribution is 0.221. The molecule has 0 fully saturated rings. The van der Waals surface area contributed by atoms with Gasteiger partial charge in [0.15, 0.2) is 0 Å². The Labute approximate surface area is 91.7 Å². The maximum Gasteiger partial charge on any atom is 0.120 e. The Morgan fingerprint density at radius 3 is 2.87 bits per heavy atom. The summed E-state index contributed by atoms with van der Waals surface area (Å²) in [4.78, 5) is 0.798. The van der Waals surface area contributed by atoms with Gasteiger partial charge in [0.2, 0.25) is 0 Å². The van der Waals surface area contributed by atoms with Gasteiger partial charge in [-0.25, -0.2) is 0 Å². The molecule has 1 N–H and O–H groups in total. The molecule has 1 atom stereocenters. The predicted octanol–water partition coefficient (Wildman–Crippen LogP) is 2.34. The molecule has 0 bridgehead atoms. The van der Waals surface area contributed by atoms with Gasteiger partial charge < -0.3 is 9.52 Å². The number of furan rings is 1. The fourth-order valence-electron chi connectivity index (χ4n) is 1.38. The van der Waals surface area contributed by atoms with Crippen molar-refractivity contribution in [2.45, 2.75) is 25.9 Å². The van der Waals surface area contributed by atoms with E-state index in [0.717, 1.165) is 16.1 Å². The van der Waals surface area contributed by atoms with Gasteiger partial charge in [-0.2, -0.15) is 0 Å². The maximum absolute atomic E-state index is 10.1. The van der Waals surface area contributed by atoms with Crippen LogP contribution in [0.1, 0.15) is 42.0 Å². The third kappa shape index (κ3) is 1.93. The summed E-state index contributed by atoms with van der Waals surface area (Å²) in [6, 6.07) is 1.74. The standard InChI is InChI=1S/C10H12N2O2S/c1-6(2)8-10(15-12-11-8)9(13)7-3-4-14-5-7/h3-6,9,13H,1-2H3. The van der Waals surface area contributed by atoms with E-state index >= 15 is 0 Å². The van der Waals surface area contributed by atoms with Crippen molar-refractivity contribution in [1.29, 1.82) is 0 Å². The van der Waals surface area contributed by atoms with E-state index in [1.54, 1.807) is 12.3 Å². The van der Waals surface area contributed by atoms with Gasteiger partial charge in [0.1, 0.15) is 6.10 Å². The lowest BCUT2D eigenvalue weighted by atomic mass is 10.0. The summed E-state index contributed by atoms with van der Waals surface area (Å²) >= 11 is 1.23. The number of rotatable bonds is 3. The predicted molar refractivity (Wildman–Crippen MR) is 56.8 cm³/mol. The highest BCUT2D eigenvalue weighted by atomic mass is 32.1. The van der Waals surface area contributed by atoms with Gasteiger partial charge in [0.05, 0.1) is 23.1 Å². The monoisotopic (exact) mass is 224 g/mol. The van der Waals surface area contributed by atoms with Crippen molar-refractivity contribution in [2.75, 3.05) is 0 Å². The number of aromatic nitrogens is 2. The summed E-state index contributed by atoms with van der Waals surface area (Å²) < 4.78 is 8.81. The highest BCUT2D eigenvalue weighted by Crippen LogP contribution is 2.30. The van der Waals surface area contributed by atoms with Crippen LogP contribution >= 0.6 is 11.5 Å². The molecule has 4 nitrogen and oxygen atoms in total. The van der Waals surface area contributed by atoms with Crippen LogP contribution in [0.25, 0.3) is 0 Å². The zero-order valence-electron chi connectivity index (χ0n) is 8.54. The minimum atomic E-state index is -0.679. The van der Waals surface area contributed by atoms with E-state index < -0.39 is 6.10 Å². The molecule has 2 aromatic heterocycles. The topological polar surface area (TPSA) is 59.2 Å². The van der Waals surface area contributed by atoms with E-state index in [1.165, 1.54) is 17.8 Å². The average molecular weight is 224 g/mol. The highest BCUT2D eigenvalue weighted by Gasteiger charge is 2.21. The number of aliphatic hydroxyl groups excluding tert-OH is 1. The van der Waals surface area contributed by atoms with Crippen LogP contribution in [-0.2, 0) is 0 Å². The molecule has 0 aliphatic carbocycles. The SMILES string of the molecule is CC(C)c1nnsc1C(O)c1ccoc1. The number of hydrogen-bond donors (Lipinski definition) is 1. The lowest BCUT2D eigenvalue weighted by Crippen LogP contribution is -2.01. The van der Waals surface area contributed by atoms with Crippen molar-refractivity contribution in [2.24, 2.45) is 0 Å². The van der Waals surface area contributed by atoms with E-state index in [-0.39, 0.29) is 5.92 Å². The van der Waals surface area contributed by atoms with Crippen LogP contribution in [0.5, 0.6) is 0 Å². The quantitative estimate of drug-likeness (QED) is 0.869. The molecular formula is C10H12N2O2S. The van der Waals surface area contributed by atoms with Crippen LogP contribution in [0.4, 0.5) is 0 Å². The van der Waals surface area contributed by atoms with E-state index in [0.29, 0.717) is 0 Å². The van der Waals surface area contributed by atoms with E-state index in [1.807, 2.05) is 13.8 Å². The second kappa shape index (κ2) is 4.12. The molecule has 0 aliphatic heterocycles. The number of aliphatic hydroxyl groups is 1. The van der Waals surface area contributed by atoms with Crippen molar-refractivity contribution in [3.63, 3.8) is 0 Å².